The predicted molar refractivity (Wildman–Crippen MR) is 99.0 cm³/mol. The van der Waals surface area contributed by atoms with Crippen molar-refractivity contribution < 1.29 is 14.3 Å². The molecule has 0 radical (unpaired) electrons. The summed E-state index contributed by atoms with van der Waals surface area (Å²) in [6.45, 7) is 4.26. The van der Waals surface area contributed by atoms with Crippen LogP contribution in [-0.2, 0) is 12.8 Å². The maximum atomic E-state index is 12.9. The zero-order chi connectivity index (χ0) is 17.8. The van der Waals surface area contributed by atoms with Crippen molar-refractivity contribution in [3.05, 3.63) is 52.6 Å². The number of hydrogen-bond donors (Lipinski definition) is 1. The Labute approximate surface area is 152 Å². The molecular formula is C21H22N2O3. The molecule has 2 heterocycles. The number of fused-ring (bicyclic) bond motifs is 3. The van der Waals surface area contributed by atoms with Gasteiger partial charge in [-0.25, -0.2) is 4.79 Å². The molecule has 26 heavy (non-hydrogen) atoms. The van der Waals surface area contributed by atoms with Crippen molar-refractivity contribution in [2.75, 3.05) is 11.7 Å². The second-order valence-corrected chi connectivity index (χ2v) is 7.49. The zero-order valence-corrected chi connectivity index (χ0v) is 15.0. The minimum absolute atomic E-state index is 0.0510. The van der Waals surface area contributed by atoms with Crippen LogP contribution in [0.15, 0.2) is 30.3 Å². The molecule has 0 saturated carbocycles. The van der Waals surface area contributed by atoms with Gasteiger partial charge in [-0.15, -0.1) is 0 Å². The summed E-state index contributed by atoms with van der Waals surface area (Å²) in [5.41, 5.74) is 5.93. The lowest BCUT2D eigenvalue weighted by molar-refractivity contribution is 0.174. The molecule has 0 bridgehead atoms. The number of nitrogens with zero attached hydrogens (tertiary/aromatic N) is 1. The summed E-state index contributed by atoms with van der Waals surface area (Å²) in [6.07, 6.45) is 3.49. The first-order valence-electron chi connectivity index (χ1n) is 9.27. The van der Waals surface area contributed by atoms with Gasteiger partial charge in [0.05, 0.1) is 11.7 Å². The van der Waals surface area contributed by atoms with Crippen molar-refractivity contribution >= 4 is 11.7 Å². The van der Waals surface area contributed by atoms with Gasteiger partial charge in [-0.05, 0) is 55.9 Å². The Morgan fingerprint density at radius 2 is 1.85 bits per heavy atom. The lowest BCUT2D eigenvalue weighted by Gasteiger charge is -2.37. The SMILES string of the molecule is CC(C)N1C(=O)NC(c2ccc3c(c2)CCC3)c2cc3c(cc21)OCO3. The van der Waals surface area contributed by atoms with Crippen molar-refractivity contribution in [1.29, 1.82) is 0 Å². The molecule has 1 N–H and O–H groups in total. The molecule has 2 aromatic rings. The molecular weight excluding hydrogens is 328 g/mol. The van der Waals surface area contributed by atoms with Gasteiger partial charge in [0.2, 0.25) is 6.79 Å². The molecule has 2 amide bonds. The van der Waals surface area contributed by atoms with Gasteiger partial charge in [0.25, 0.3) is 0 Å². The van der Waals surface area contributed by atoms with E-state index in [1.807, 2.05) is 26.0 Å². The van der Waals surface area contributed by atoms with Crippen LogP contribution in [0, 0.1) is 0 Å². The number of anilines is 1. The van der Waals surface area contributed by atoms with E-state index in [0.717, 1.165) is 35.4 Å². The Morgan fingerprint density at radius 1 is 1.08 bits per heavy atom. The second-order valence-electron chi connectivity index (χ2n) is 7.49. The molecule has 5 rings (SSSR count). The maximum absolute atomic E-state index is 12.9. The van der Waals surface area contributed by atoms with E-state index >= 15 is 0 Å². The van der Waals surface area contributed by atoms with Gasteiger partial charge >= 0.3 is 6.03 Å². The van der Waals surface area contributed by atoms with Crippen LogP contribution < -0.4 is 19.7 Å². The Hall–Kier alpha value is -2.69. The van der Waals surface area contributed by atoms with E-state index in [-0.39, 0.29) is 24.9 Å². The second kappa shape index (κ2) is 5.66. The van der Waals surface area contributed by atoms with Gasteiger partial charge in [-0.1, -0.05) is 18.2 Å². The zero-order valence-electron chi connectivity index (χ0n) is 15.0. The minimum atomic E-state index is -0.173. The van der Waals surface area contributed by atoms with E-state index in [2.05, 4.69) is 23.5 Å². The number of carbonyl (C=O) groups excluding carboxylic acids is 1. The van der Waals surface area contributed by atoms with Crippen LogP contribution in [0.2, 0.25) is 0 Å². The summed E-state index contributed by atoms with van der Waals surface area (Å²) in [5.74, 6) is 1.45. The van der Waals surface area contributed by atoms with Crippen molar-refractivity contribution in [3.8, 4) is 11.5 Å². The highest BCUT2D eigenvalue weighted by Crippen LogP contribution is 2.45. The van der Waals surface area contributed by atoms with Gasteiger partial charge in [0, 0.05) is 17.7 Å². The third-order valence-corrected chi connectivity index (χ3v) is 5.55. The monoisotopic (exact) mass is 350 g/mol. The van der Waals surface area contributed by atoms with Gasteiger partial charge in [-0.2, -0.15) is 0 Å². The summed E-state index contributed by atoms with van der Waals surface area (Å²) < 4.78 is 11.1. The standard InChI is InChI=1S/C21H22N2O3/c1-12(2)23-17-10-19-18(25-11-26-19)9-16(17)20(22-21(23)24)15-7-6-13-4-3-5-14(13)8-15/h6-10,12,20H,3-5,11H2,1-2H3,(H,22,24). The number of hydrogen-bond acceptors (Lipinski definition) is 3. The predicted octanol–water partition coefficient (Wildman–Crippen LogP) is 3.93. The third-order valence-electron chi connectivity index (χ3n) is 5.55. The number of amides is 2. The van der Waals surface area contributed by atoms with Crippen LogP contribution >= 0.6 is 0 Å². The van der Waals surface area contributed by atoms with Crippen LogP contribution in [0.1, 0.15) is 48.6 Å². The fraction of sp³-hybridized carbons (Fsp3) is 0.381. The fourth-order valence-electron chi connectivity index (χ4n) is 4.31. The van der Waals surface area contributed by atoms with E-state index < -0.39 is 0 Å². The molecule has 2 aromatic carbocycles. The Morgan fingerprint density at radius 3 is 2.65 bits per heavy atom. The third kappa shape index (κ3) is 2.26. The molecule has 1 atom stereocenters. The molecule has 0 aromatic heterocycles. The number of benzene rings is 2. The average Bonchev–Trinajstić information content (AvgIpc) is 3.26. The Balaban J connectivity index is 1.66. The van der Waals surface area contributed by atoms with Crippen LogP contribution in [0.4, 0.5) is 10.5 Å². The molecule has 0 spiro atoms. The van der Waals surface area contributed by atoms with Gasteiger partial charge < -0.3 is 14.8 Å². The lowest BCUT2D eigenvalue weighted by Crippen LogP contribution is -2.50. The van der Waals surface area contributed by atoms with E-state index in [4.69, 9.17) is 9.47 Å². The first-order valence-corrected chi connectivity index (χ1v) is 9.27. The normalized spacial score (nSPS) is 20.2. The van der Waals surface area contributed by atoms with Crippen molar-refractivity contribution in [2.24, 2.45) is 0 Å². The van der Waals surface area contributed by atoms with E-state index in [0.29, 0.717) is 5.75 Å². The molecule has 1 aliphatic carbocycles. The molecule has 0 fully saturated rings. The largest absolute Gasteiger partial charge is 0.454 e. The van der Waals surface area contributed by atoms with Crippen LogP contribution in [0.5, 0.6) is 11.5 Å². The first kappa shape index (κ1) is 15.6. The van der Waals surface area contributed by atoms with Crippen molar-refractivity contribution in [2.45, 2.75) is 45.2 Å². The van der Waals surface area contributed by atoms with Gasteiger partial charge in [0.15, 0.2) is 11.5 Å². The molecule has 0 saturated heterocycles. The van der Waals surface area contributed by atoms with E-state index in [1.54, 1.807) is 4.90 Å². The van der Waals surface area contributed by atoms with Crippen LogP contribution in [0.25, 0.3) is 0 Å². The summed E-state index contributed by atoms with van der Waals surface area (Å²) >= 11 is 0. The average molecular weight is 350 g/mol. The Kier molecular flexibility index (Phi) is 3.39. The smallest absolute Gasteiger partial charge is 0.322 e. The van der Waals surface area contributed by atoms with Gasteiger partial charge in [0.1, 0.15) is 0 Å². The quantitative estimate of drug-likeness (QED) is 0.893. The number of urea groups is 1. The molecule has 1 unspecified atom stereocenters. The molecule has 3 aliphatic rings. The number of aryl methyl sites for hydroxylation is 2. The molecule has 5 nitrogen and oxygen atoms in total. The van der Waals surface area contributed by atoms with E-state index in [9.17, 15) is 4.79 Å². The fourth-order valence-corrected chi connectivity index (χ4v) is 4.31. The Bertz CT molecular complexity index is 906. The number of nitrogens with one attached hydrogen (secondary N) is 1. The van der Waals surface area contributed by atoms with Crippen LogP contribution in [0.3, 0.4) is 0 Å². The highest BCUT2D eigenvalue weighted by atomic mass is 16.7. The number of rotatable bonds is 2. The lowest BCUT2D eigenvalue weighted by atomic mass is 9.92. The molecule has 5 heteroatoms. The summed E-state index contributed by atoms with van der Waals surface area (Å²) in [4.78, 5) is 14.7. The summed E-state index contributed by atoms with van der Waals surface area (Å²) in [6, 6.07) is 10.4. The topological polar surface area (TPSA) is 50.8 Å². The highest BCUT2D eigenvalue weighted by molar-refractivity contribution is 5.97. The maximum Gasteiger partial charge on any atom is 0.322 e. The molecule has 134 valence electrons. The summed E-state index contributed by atoms with van der Waals surface area (Å²) in [7, 11) is 0. The van der Waals surface area contributed by atoms with Crippen LogP contribution in [-0.4, -0.2) is 18.9 Å². The first-order chi connectivity index (χ1) is 12.6. The van der Waals surface area contributed by atoms with Crippen molar-refractivity contribution in [3.63, 3.8) is 0 Å². The molecule has 2 aliphatic heterocycles. The highest BCUT2D eigenvalue weighted by Gasteiger charge is 2.35. The summed E-state index contributed by atoms with van der Waals surface area (Å²) in [5, 5.41) is 3.19. The van der Waals surface area contributed by atoms with E-state index in [1.165, 1.54) is 17.5 Å². The van der Waals surface area contributed by atoms with Crippen molar-refractivity contribution in [1.82, 2.24) is 5.32 Å². The van der Waals surface area contributed by atoms with Gasteiger partial charge in [-0.3, -0.25) is 4.90 Å². The minimum Gasteiger partial charge on any atom is -0.454 e. The number of ether oxygens (including phenoxy) is 2. The number of carbonyl (C=O) groups is 1.